The zero-order valence-corrected chi connectivity index (χ0v) is 8.78. The molecule has 0 saturated carbocycles. The predicted octanol–water partition coefficient (Wildman–Crippen LogP) is -0.305. The number of rotatable bonds is 2. The van der Waals surface area contributed by atoms with Gasteiger partial charge in [-0.2, -0.15) is 5.26 Å². The van der Waals surface area contributed by atoms with Crippen LogP contribution in [-0.2, 0) is 0 Å². The van der Waals surface area contributed by atoms with Gasteiger partial charge in [-0.25, -0.2) is 9.97 Å². The van der Waals surface area contributed by atoms with Crippen molar-refractivity contribution in [3.63, 3.8) is 0 Å². The number of hydrogen-bond donors (Lipinski definition) is 2. The predicted molar refractivity (Wildman–Crippen MR) is 62.0 cm³/mol. The molecule has 0 spiro atoms. The van der Waals surface area contributed by atoms with Crippen molar-refractivity contribution in [1.29, 1.82) is 5.26 Å². The minimum absolute atomic E-state index is 0.265. The zero-order chi connectivity index (χ0) is 12.3. The van der Waals surface area contributed by atoms with Crippen molar-refractivity contribution in [1.82, 2.24) is 9.97 Å². The largest absolute Gasteiger partial charge is 0.488 e. The van der Waals surface area contributed by atoms with E-state index in [1.54, 1.807) is 24.5 Å². The van der Waals surface area contributed by atoms with Gasteiger partial charge in [0.2, 0.25) is 0 Å². The van der Waals surface area contributed by atoms with Crippen LogP contribution in [0.4, 0.5) is 0 Å². The van der Waals surface area contributed by atoms with Crippen LogP contribution in [0, 0.1) is 11.3 Å². The Labute approximate surface area is 98.2 Å². The number of nitrogens with zero attached hydrogens (tertiary/aromatic N) is 3. The summed E-state index contributed by atoms with van der Waals surface area (Å²) in [5, 5.41) is 27.1. The maximum atomic E-state index is 9.02. The minimum atomic E-state index is -1.59. The van der Waals surface area contributed by atoms with E-state index in [2.05, 4.69) is 9.97 Å². The molecule has 1 aromatic heterocycles. The van der Waals surface area contributed by atoms with Gasteiger partial charge in [0.05, 0.1) is 11.6 Å². The van der Waals surface area contributed by atoms with E-state index >= 15 is 0 Å². The van der Waals surface area contributed by atoms with Crippen molar-refractivity contribution in [2.24, 2.45) is 0 Å². The summed E-state index contributed by atoms with van der Waals surface area (Å²) in [5.74, 6) is 0.433. The van der Waals surface area contributed by atoms with Crippen LogP contribution in [0.3, 0.4) is 0 Å². The van der Waals surface area contributed by atoms with E-state index in [4.69, 9.17) is 15.3 Å². The van der Waals surface area contributed by atoms with Gasteiger partial charge in [0, 0.05) is 18.0 Å². The number of benzene rings is 1. The highest BCUT2D eigenvalue weighted by atomic mass is 16.4. The van der Waals surface area contributed by atoms with Crippen LogP contribution in [0.2, 0.25) is 0 Å². The van der Waals surface area contributed by atoms with E-state index in [0.717, 1.165) is 0 Å². The van der Waals surface area contributed by atoms with E-state index in [9.17, 15) is 0 Å². The molecule has 1 heterocycles. The summed E-state index contributed by atoms with van der Waals surface area (Å²) >= 11 is 0. The van der Waals surface area contributed by atoms with Crippen molar-refractivity contribution in [3.05, 3.63) is 42.2 Å². The standard InChI is InChI=1S/C11H8BN3O2/c13-7-8-6-9(12(16)17)2-3-10(8)11-14-4-1-5-15-11/h1-6,16-17H. The van der Waals surface area contributed by atoms with Crippen LogP contribution in [0.15, 0.2) is 36.7 Å². The summed E-state index contributed by atoms with van der Waals surface area (Å²) < 4.78 is 0. The maximum Gasteiger partial charge on any atom is 0.488 e. The Morgan fingerprint density at radius 1 is 1.18 bits per heavy atom. The maximum absolute atomic E-state index is 9.02. The topological polar surface area (TPSA) is 90.0 Å². The molecule has 0 aliphatic rings. The third kappa shape index (κ3) is 2.31. The molecule has 2 N–H and O–H groups in total. The fraction of sp³-hybridized carbons (Fsp3) is 0. The van der Waals surface area contributed by atoms with Crippen LogP contribution >= 0.6 is 0 Å². The van der Waals surface area contributed by atoms with E-state index in [1.807, 2.05) is 6.07 Å². The van der Waals surface area contributed by atoms with Gasteiger partial charge < -0.3 is 10.0 Å². The minimum Gasteiger partial charge on any atom is -0.423 e. The van der Waals surface area contributed by atoms with Gasteiger partial charge in [-0.3, -0.25) is 0 Å². The normalized spacial score (nSPS) is 9.71. The quantitative estimate of drug-likeness (QED) is 0.684. The first-order valence-corrected chi connectivity index (χ1v) is 4.90. The van der Waals surface area contributed by atoms with Gasteiger partial charge in [0.1, 0.15) is 0 Å². The molecule has 0 aliphatic carbocycles. The summed E-state index contributed by atoms with van der Waals surface area (Å²) in [6, 6.07) is 8.21. The monoisotopic (exact) mass is 225 g/mol. The van der Waals surface area contributed by atoms with Crippen LogP contribution in [0.1, 0.15) is 5.56 Å². The first-order chi connectivity index (χ1) is 8.22. The molecule has 0 unspecified atom stereocenters. The molecule has 0 saturated heterocycles. The van der Waals surface area contributed by atoms with E-state index in [1.165, 1.54) is 12.1 Å². The van der Waals surface area contributed by atoms with Crippen molar-refractivity contribution in [2.45, 2.75) is 0 Å². The van der Waals surface area contributed by atoms with E-state index < -0.39 is 7.12 Å². The first-order valence-electron chi connectivity index (χ1n) is 4.90. The molecule has 0 aliphatic heterocycles. The van der Waals surface area contributed by atoms with Gasteiger partial charge in [0.25, 0.3) is 0 Å². The summed E-state index contributed by atoms with van der Waals surface area (Å²) in [5.41, 5.74) is 1.14. The van der Waals surface area contributed by atoms with Gasteiger partial charge >= 0.3 is 7.12 Å². The molecule has 0 radical (unpaired) electrons. The van der Waals surface area contributed by atoms with Crippen LogP contribution in [0.5, 0.6) is 0 Å². The zero-order valence-electron chi connectivity index (χ0n) is 8.78. The summed E-state index contributed by atoms with van der Waals surface area (Å²) in [4.78, 5) is 8.09. The second kappa shape index (κ2) is 4.74. The Kier molecular flexibility index (Phi) is 3.14. The Morgan fingerprint density at radius 3 is 2.47 bits per heavy atom. The second-order valence-electron chi connectivity index (χ2n) is 3.36. The lowest BCUT2D eigenvalue weighted by atomic mass is 9.79. The average Bonchev–Trinajstić information content (AvgIpc) is 2.39. The summed E-state index contributed by atoms with van der Waals surface area (Å²) in [7, 11) is -1.59. The fourth-order valence-corrected chi connectivity index (χ4v) is 1.45. The lowest BCUT2D eigenvalue weighted by Crippen LogP contribution is -2.29. The lowest BCUT2D eigenvalue weighted by molar-refractivity contribution is 0.426. The molecule has 0 fully saturated rings. The third-order valence-corrected chi connectivity index (χ3v) is 2.27. The molecule has 2 aromatic rings. The molecule has 2 rings (SSSR count). The Hall–Kier alpha value is -2.23. The smallest absolute Gasteiger partial charge is 0.423 e. The summed E-state index contributed by atoms with van der Waals surface area (Å²) in [6.45, 7) is 0. The van der Waals surface area contributed by atoms with Crippen LogP contribution in [-0.4, -0.2) is 27.1 Å². The van der Waals surface area contributed by atoms with Gasteiger partial charge in [-0.05, 0) is 17.6 Å². The Bertz CT molecular complexity index is 567. The average molecular weight is 225 g/mol. The van der Waals surface area contributed by atoms with Gasteiger partial charge in [-0.15, -0.1) is 0 Å². The van der Waals surface area contributed by atoms with Gasteiger partial charge in [-0.1, -0.05) is 12.1 Å². The molecule has 5 nitrogen and oxygen atoms in total. The van der Waals surface area contributed by atoms with Crippen molar-refractivity contribution in [3.8, 4) is 17.5 Å². The highest BCUT2D eigenvalue weighted by Crippen LogP contribution is 2.17. The first kappa shape index (κ1) is 11.3. The molecule has 0 atom stereocenters. The van der Waals surface area contributed by atoms with E-state index in [0.29, 0.717) is 17.0 Å². The molecule has 6 heteroatoms. The molecular formula is C11H8BN3O2. The molecule has 0 amide bonds. The number of aromatic nitrogens is 2. The molecule has 82 valence electrons. The van der Waals surface area contributed by atoms with Crippen molar-refractivity contribution in [2.75, 3.05) is 0 Å². The SMILES string of the molecule is N#Cc1cc(B(O)O)ccc1-c1ncccn1. The van der Waals surface area contributed by atoms with Gasteiger partial charge in [0.15, 0.2) is 5.82 Å². The Morgan fingerprint density at radius 2 is 1.88 bits per heavy atom. The lowest BCUT2D eigenvalue weighted by Gasteiger charge is -2.04. The summed E-state index contributed by atoms with van der Waals surface area (Å²) in [6.07, 6.45) is 3.16. The molecular weight excluding hydrogens is 217 g/mol. The Balaban J connectivity index is 2.54. The highest BCUT2D eigenvalue weighted by Gasteiger charge is 2.14. The van der Waals surface area contributed by atoms with Crippen molar-refractivity contribution < 1.29 is 10.0 Å². The van der Waals surface area contributed by atoms with Crippen LogP contribution in [0.25, 0.3) is 11.4 Å². The fourth-order valence-electron chi connectivity index (χ4n) is 1.45. The molecule has 1 aromatic carbocycles. The number of hydrogen-bond acceptors (Lipinski definition) is 5. The van der Waals surface area contributed by atoms with E-state index in [-0.39, 0.29) is 5.46 Å². The van der Waals surface area contributed by atoms with Crippen LogP contribution < -0.4 is 5.46 Å². The number of nitriles is 1. The molecule has 17 heavy (non-hydrogen) atoms. The third-order valence-electron chi connectivity index (χ3n) is 2.27. The molecule has 0 bridgehead atoms. The highest BCUT2D eigenvalue weighted by molar-refractivity contribution is 6.58. The van der Waals surface area contributed by atoms with Crippen molar-refractivity contribution >= 4 is 12.6 Å². The second-order valence-corrected chi connectivity index (χ2v) is 3.36.